The van der Waals surface area contributed by atoms with Gasteiger partial charge in [-0.05, 0) is 43.2 Å². The van der Waals surface area contributed by atoms with Gasteiger partial charge < -0.3 is 10.1 Å². The molecular weight excluding hydrogens is 456 g/mol. The first-order valence-electron chi connectivity index (χ1n) is 10.4. The van der Waals surface area contributed by atoms with E-state index in [9.17, 15) is 25.0 Å². The zero-order valence-corrected chi connectivity index (χ0v) is 19.0. The van der Waals surface area contributed by atoms with Crippen molar-refractivity contribution in [2.45, 2.75) is 20.4 Å². The average molecular weight is 476 g/mol. The van der Waals surface area contributed by atoms with Gasteiger partial charge in [-0.1, -0.05) is 12.1 Å². The minimum atomic E-state index is -0.729. The Morgan fingerprint density at radius 2 is 1.69 bits per heavy atom. The van der Waals surface area contributed by atoms with E-state index in [0.717, 1.165) is 34.4 Å². The third-order valence-electron chi connectivity index (χ3n) is 5.53. The van der Waals surface area contributed by atoms with Crippen LogP contribution in [0.3, 0.4) is 0 Å². The summed E-state index contributed by atoms with van der Waals surface area (Å²) in [6.07, 6.45) is 1.62. The number of fused-ring (bicyclic) bond motifs is 1. The lowest BCUT2D eigenvalue weighted by atomic mass is 10.0. The molecular formula is C23H20N6O6. The Morgan fingerprint density at radius 1 is 1.06 bits per heavy atom. The Hall–Kier alpha value is -4.87. The summed E-state index contributed by atoms with van der Waals surface area (Å²) in [4.78, 5) is 38.3. The van der Waals surface area contributed by atoms with Crippen LogP contribution in [0.5, 0.6) is 5.75 Å². The van der Waals surface area contributed by atoms with Gasteiger partial charge in [0.1, 0.15) is 17.9 Å². The number of pyridine rings is 1. The quantitative estimate of drug-likeness (QED) is 0.308. The summed E-state index contributed by atoms with van der Waals surface area (Å²) in [5.74, 6) is 0.151. The number of carbonyl (C=O) groups excluding carboxylic acids is 1. The van der Waals surface area contributed by atoms with Crippen molar-refractivity contribution in [1.82, 2.24) is 14.8 Å². The summed E-state index contributed by atoms with van der Waals surface area (Å²) in [6.45, 7) is 2.84. The van der Waals surface area contributed by atoms with E-state index in [1.165, 1.54) is 11.6 Å². The Morgan fingerprint density at radius 3 is 2.26 bits per heavy atom. The van der Waals surface area contributed by atoms with Gasteiger partial charge in [0.25, 0.3) is 11.4 Å². The third-order valence-corrected chi connectivity index (χ3v) is 5.53. The van der Waals surface area contributed by atoms with Gasteiger partial charge in [0.15, 0.2) is 5.65 Å². The largest absolute Gasteiger partial charge is 0.497 e. The fourth-order valence-electron chi connectivity index (χ4n) is 3.87. The van der Waals surface area contributed by atoms with Gasteiger partial charge in [-0.2, -0.15) is 5.10 Å². The van der Waals surface area contributed by atoms with Crippen LogP contribution in [-0.4, -0.2) is 37.6 Å². The number of hydrogen-bond acceptors (Lipinski definition) is 8. The predicted octanol–water partition coefficient (Wildman–Crippen LogP) is 4.18. The number of benzene rings is 2. The maximum absolute atomic E-state index is 12.8. The molecule has 0 bridgehead atoms. The Labute approximate surface area is 198 Å². The molecule has 0 atom stereocenters. The van der Waals surface area contributed by atoms with Crippen molar-refractivity contribution >= 4 is 34.0 Å². The number of nitrogens with zero attached hydrogens (tertiary/aromatic N) is 5. The van der Waals surface area contributed by atoms with E-state index in [1.54, 1.807) is 20.2 Å². The molecule has 2 aromatic heterocycles. The topological polar surface area (TPSA) is 155 Å². The van der Waals surface area contributed by atoms with Crippen LogP contribution in [0.2, 0.25) is 0 Å². The molecule has 4 aromatic rings. The van der Waals surface area contributed by atoms with Crippen LogP contribution in [-0.2, 0) is 11.3 Å². The maximum atomic E-state index is 12.8. The third kappa shape index (κ3) is 4.49. The molecule has 12 nitrogen and oxygen atoms in total. The van der Waals surface area contributed by atoms with Gasteiger partial charge in [0, 0.05) is 23.7 Å². The fourth-order valence-corrected chi connectivity index (χ4v) is 3.87. The van der Waals surface area contributed by atoms with Crippen LogP contribution in [0.1, 0.15) is 11.3 Å². The first kappa shape index (κ1) is 23.3. The van der Waals surface area contributed by atoms with Crippen molar-refractivity contribution in [2.75, 3.05) is 12.4 Å². The molecule has 0 aliphatic carbocycles. The Bertz CT molecular complexity index is 1440. The van der Waals surface area contributed by atoms with Crippen LogP contribution >= 0.6 is 0 Å². The number of rotatable bonds is 7. The van der Waals surface area contributed by atoms with E-state index in [0.29, 0.717) is 11.3 Å². The minimum absolute atomic E-state index is 0.0564. The van der Waals surface area contributed by atoms with Crippen molar-refractivity contribution < 1.29 is 19.4 Å². The number of nitrogens with one attached hydrogen (secondary N) is 1. The van der Waals surface area contributed by atoms with Gasteiger partial charge in [-0.3, -0.25) is 25.0 Å². The van der Waals surface area contributed by atoms with Crippen molar-refractivity contribution in [2.24, 2.45) is 0 Å². The zero-order valence-electron chi connectivity index (χ0n) is 19.0. The van der Waals surface area contributed by atoms with E-state index in [1.807, 2.05) is 30.3 Å². The number of aromatic nitrogens is 3. The number of hydrogen-bond donors (Lipinski definition) is 1. The highest BCUT2D eigenvalue weighted by molar-refractivity contribution is 5.96. The molecule has 2 aromatic carbocycles. The van der Waals surface area contributed by atoms with E-state index in [2.05, 4.69) is 15.4 Å². The molecule has 0 radical (unpaired) electrons. The summed E-state index contributed by atoms with van der Waals surface area (Å²) in [5, 5.41) is 30.3. The highest BCUT2D eigenvalue weighted by Crippen LogP contribution is 2.33. The molecule has 0 spiro atoms. The molecule has 4 rings (SSSR count). The summed E-state index contributed by atoms with van der Waals surface area (Å²) in [5.41, 5.74) is 1.87. The number of anilines is 1. The molecule has 0 fully saturated rings. The number of ether oxygens (including phenoxy) is 1. The summed E-state index contributed by atoms with van der Waals surface area (Å²) in [6, 6.07) is 11.5. The lowest BCUT2D eigenvalue weighted by Crippen LogP contribution is -2.20. The summed E-state index contributed by atoms with van der Waals surface area (Å²) < 4.78 is 6.63. The summed E-state index contributed by atoms with van der Waals surface area (Å²) >= 11 is 0. The first-order valence-corrected chi connectivity index (χ1v) is 10.4. The number of nitro benzene ring substituents is 2. The lowest BCUT2D eigenvalue weighted by molar-refractivity contribution is -0.395. The van der Waals surface area contributed by atoms with Crippen molar-refractivity contribution in [3.63, 3.8) is 0 Å². The van der Waals surface area contributed by atoms with Gasteiger partial charge >= 0.3 is 0 Å². The highest BCUT2D eigenvalue weighted by atomic mass is 16.6. The number of methoxy groups -OCH3 is 1. The molecule has 0 unspecified atom stereocenters. The van der Waals surface area contributed by atoms with Crippen LogP contribution in [0.15, 0.2) is 48.7 Å². The second kappa shape index (κ2) is 9.17. The normalized spacial score (nSPS) is 10.8. The van der Waals surface area contributed by atoms with E-state index in [-0.39, 0.29) is 17.8 Å². The maximum Gasteiger partial charge on any atom is 0.281 e. The molecule has 0 saturated carbocycles. The van der Waals surface area contributed by atoms with Crippen LogP contribution < -0.4 is 10.1 Å². The second-order valence-corrected chi connectivity index (χ2v) is 7.73. The Balaban J connectivity index is 1.65. The molecule has 1 amide bonds. The molecule has 0 saturated heterocycles. The SMILES string of the molecule is COc1ccc(-c2ccnc3c2c(C)nn3CC(=O)Nc2cc([N+](=O)[O-])c(C)c([N+](=O)[O-])c2)cc1. The molecule has 178 valence electrons. The highest BCUT2D eigenvalue weighted by Gasteiger charge is 2.24. The van der Waals surface area contributed by atoms with E-state index in [4.69, 9.17) is 4.74 Å². The average Bonchev–Trinajstić information content (AvgIpc) is 3.14. The van der Waals surface area contributed by atoms with Crippen LogP contribution in [0.25, 0.3) is 22.2 Å². The Kier molecular flexibility index (Phi) is 6.10. The molecule has 2 heterocycles. The van der Waals surface area contributed by atoms with Crippen LogP contribution in [0.4, 0.5) is 17.1 Å². The number of carbonyl (C=O) groups is 1. The number of nitro groups is 2. The van der Waals surface area contributed by atoms with Crippen LogP contribution in [0, 0.1) is 34.1 Å². The number of aryl methyl sites for hydroxylation is 1. The zero-order chi connectivity index (χ0) is 25.3. The molecule has 1 N–H and O–H groups in total. The molecule has 35 heavy (non-hydrogen) atoms. The lowest BCUT2D eigenvalue weighted by Gasteiger charge is -2.08. The van der Waals surface area contributed by atoms with Crippen molar-refractivity contribution in [1.29, 1.82) is 0 Å². The van der Waals surface area contributed by atoms with Gasteiger partial charge in [0.05, 0.1) is 28.3 Å². The molecule has 0 aliphatic rings. The molecule has 0 aliphatic heterocycles. The molecule has 12 heteroatoms. The monoisotopic (exact) mass is 476 g/mol. The fraction of sp³-hybridized carbons (Fsp3) is 0.174. The first-order chi connectivity index (χ1) is 16.7. The number of amides is 1. The minimum Gasteiger partial charge on any atom is -0.497 e. The van der Waals surface area contributed by atoms with Gasteiger partial charge in [-0.25, -0.2) is 9.67 Å². The van der Waals surface area contributed by atoms with E-state index >= 15 is 0 Å². The second-order valence-electron chi connectivity index (χ2n) is 7.73. The van der Waals surface area contributed by atoms with Gasteiger partial charge in [-0.15, -0.1) is 0 Å². The smallest absolute Gasteiger partial charge is 0.281 e. The standard InChI is InChI=1S/C23H20N6O6/c1-13-19(28(31)32)10-16(11-20(13)29(33)34)25-21(30)12-27-23-22(14(2)26-27)18(8-9-24-23)15-4-6-17(35-3)7-5-15/h4-11H,12H2,1-3H3,(H,25,30). The van der Waals surface area contributed by atoms with Crippen molar-refractivity contribution in [3.8, 4) is 16.9 Å². The van der Waals surface area contributed by atoms with E-state index < -0.39 is 27.1 Å². The van der Waals surface area contributed by atoms with Crippen molar-refractivity contribution in [3.05, 3.63) is 80.1 Å². The van der Waals surface area contributed by atoms with Gasteiger partial charge in [0.2, 0.25) is 5.91 Å². The summed E-state index contributed by atoms with van der Waals surface area (Å²) in [7, 11) is 1.59. The predicted molar refractivity (Wildman–Crippen MR) is 127 cm³/mol.